The molecule has 1 unspecified atom stereocenters. The predicted octanol–water partition coefficient (Wildman–Crippen LogP) is -0.115. The number of likely N-dealkylation sites (tertiary alicyclic amines) is 2. The van der Waals surface area contributed by atoms with E-state index < -0.39 is 32.5 Å². The fraction of sp³-hybridized carbons (Fsp3) is 0.846. The first-order valence-electron chi connectivity index (χ1n) is 7.12. The highest BCUT2D eigenvalue weighted by Crippen LogP contribution is 2.33. The van der Waals surface area contributed by atoms with Crippen molar-refractivity contribution < 1.29 is 22.7 Å². The van der Waals surface area contributed by atoms with E-state index >= 15 is 0 Å². The first kappa shape index (κ1) is 17.0. The van der Waals surface area contributed by atoms with Gasteiger partial charge in [0.05, 0.1) is 5.54 Å². The summed E-state index contributed by atoms with van der Waals surface area (Å²) >= 11 is 0. The van der Waals surface area contributed by atoms with E-state index in [0.717, 1.165) is 0 Å². The Labute approximate surface area is 130 Å². The van der Waals surface area contributed by atoms with Gasteiger partial charge < -0.3 is 14.5 Å². The third kappa shape index (κ3) is 3.35. The van der Waals surface area contributed by atoms with Crippen LogP contribution < -0.4 is 5.14 Å². The van der Waals surface area contributed by atoms with Crippen LogP contribution in [0, 0.1) is 0 Å². The number of primary sulfonamides is 1. The van der Waals surface area contributed by atoms with Crippen molar-refractivity contribution in [2.75, 3.05) is 19.6 Å². The number of amides is 2. The Balaban J connectivity index is 1.98. The van der Waals surface area contributed by atoms with E-state index in [1.54, 1.807) is 20.8 Å². The molecule has 0 aliphatic carbocycles. The van der Waals surface area contributed by atoms with Crippen molar-refractivity contribution >= 4 is 22.0 Å². The van der Waals surface area contributed by atoms with E-state index in [2.05, 4.69) is 0 Å². The molecule has 2 heterocycles. The Kier molecular flexibility index (Phi) is 3.93. The van der Waals surface area contributed by atoms with Gasteiger partial charge in [0.2, 0.25) is 15.9 Å². The van der Waals surface area contributed by atoms with Gasteiger partial charge >= 0.3 is 6.09 Å². The van der Waals surface area contributed by atoms with Crippen LogP contribution in [0.2, 0.25) is 0 Å². The zero-order valence-corrected chi connectivity index (χ0v) is 14.1. The minimum atomic E-state index is -3.73. The Morgan fingerprint density at radius 3 is 2.32 bits per heavy atom. The minimum absolute atomic E-state index is 0.0797. The topological polar surface area (TPSA) is 110 Å². The lowest BCUT2D eigenvalue weighted by Gasteiger charge is -2.52. The maximum atomic E-state index is 12.0. The fourth-order valence-corrected chi connectivity index (χ4v) is 3.55. The first-order valence-corrected chi connectivity index (χ1v) is 8.73. The van der Waals surface area contributed by atoms with Gasteiger partial charge in [0, 0.05) is 26.1 Å². The van der Waals surface area contributed by atoms with Gasteiger partial charge in [-0.15, -0.1) is 0 Å². The van der Waals surface area contributed by atoms with Crippen molar-refractivity contribution in [1.82, 2.24) is 9.80 Å². The molecule has 2 amide bonds. The Bertz CT molecular complexity index is 589. The highest BCUT2D eigenvalue weighted by molar-refractivity contribution is 7.89. The van der Waals surface area contributed by atoms with Crippen LogP contribution in [0.1, 0.15) is 34.1 Å². The van der Waals surface area contributed by atoms with Crippen LogP contribution in [0.15, 0.2) is 0 Å². The molecule has 126 valence electrons. The standard InChI is InChI=1S/C13H23N3O5S/c1-12(2,3)21-11(18)15-7-13(4,8-15)16-6-9(5-10(16)17)22(14,19)20/h9H,5-8H2,1-4H3,(H2,14,19,20). The number of rotatable bonds is 2. The van der Waals surface area contributed by atoms with Crippen molar-refractivity contribution in [3.8, 4) is 0 Å². The highest BCUT2D eigenvalue weighted by Gasteiger charge is 2.52. The summed E-state index contributed by atoms with van der Waals surface area (Å²) < 4.78 is 28.1. The number of hydrogen-bond donors (Lipinski definition) is 1. The van der Waals surface area contributed by atoms with Crippen LogP contribution >= 0.6 is 0 Å². The molecule has 1 atom stereocenters. The van der Waals surface area contributed by atoms with Gasteiger partial charge in [0.15, 0.2) is 0 Å². The quantitative estimate of drug-likeness (QED) is 0.758. The third-order valence-electron chi connectivity index (χ3n) is 3.92. The van der Waals surface area contributed by atoms with E-state index in [9.17, 15) is 18.0 Å². The highest BCUT2D eigenvalue weighted by atomic mass is 32.2. The Morgan fingerprint density at radius 2 is 1.91 bits per heavy atom. The maximum absolute atomic E-state index is 12.0. The summed E-state index contributed by atoms with van der Waals surface area (Å²) in [6, 6.07) is 0. The molecule has 2 fully saturated rings. The molecule has 0 aromatic rings. The van der Waals surface area contributed by atoms with Gasteiger partial charge in [-0.25, -0.2) is 18.4 Å². The first-order chi connectivity index (χ1) is 9.82. The fourth-order valence-electron chi connectivity index (χ4n) is 2.82. The van der Waals surface area contributed by atoms with Gasteiger partial charge in [-0.2, -0.15) is 0 Å². The van der Waals surface area contributed by atoms with Gasteiger partial charge in [-0.3, -0.25) is 4.79 Å². The van der Waals surface area contributed by atoms with Crippen LogP contribution in [-0.4, -0.2) is 66.2 Å². The second kappa shape index (κ2) is 5.09. The van der Waals surface area contributed by atoms with Gasteiger partial charge in [0.25, 0.3) is 0 Å². The summed E-state index contributed by atoms with van der Waals surface area (Å²) in [7, 11) is -3.73. The van der Waals surface area contributed by atoms with E-state index in [0.29, 0.717) is 13.1 Å². The number of nitrogens with zero attached hydrogens (tertiary/aromatic N) is 2. The third-order valence-corrected chi connectivity index (χ3v) is 5.17. The lowest BCUT2D eigenvalue weighted by Crippen LogP contribution is -2.70. The zero-order chi connectivity index (χ0) is 16.9. The molecule has 2 N–H and O–H groups in total. The number of carbonyl (C=O) groups excluding carboxylic acids is 2. The lowest BCUT2D eigenvalue weighted by atomic mass is 9.90. The van der Waals surface area contributed by atoms with Crippen molar-refractivity contribution in [1.29, 1.82) is 0 Å². The van der Waals surface area contributed by atoms with Crippen molar-refractivity contribution in [2.24, 2.45) is 5.14 Å². The summed E-state index contributed by atoms with van der Waals surface area (Å²) in [6.07, 6.45) is -0.527. The number of nitrogens with two attached hydrogens (primary N) is 1. The number of hydrogen-bond acceptors (Lipinski definition) is 5. The van der Waals surface area contributed by atoms with Crippen LogP contribution in [0.25, 0.3) is 0 Å². The predicted molar refractivity (Wildman–Crippen MR) is 79.4 cm³/mol. The number of ether oxygens (including phenoxy) is 1. The minimum Gasteiger partial charge on any atom is -0.444 e. The van der Waals surface area contributed by atoms with E-state index in [1.807, 2.05) is 6.92 Å². The Hall–Kier alpha value is -1.35. The Morgan fingerprint density at radius 1 is 1.36 bits per heavy atom. The molecule has 0 radical (unpaired) electrons. The molecule has 0 aromatic heterocycles. The van der Waals surface area contributed by atoms with Crippen molar-refractivity contribution in [2.45, 2.75) is 50.5 Å². The molecule has 9 heteroatoms. The van der Waals surface area contributed by atoms with Crippen LogP contribution in [0.4, 0.5) is 4.79 Å². The molecule has 0 bridgehead atoms. The second-order valence-corrected chi connectivity index (χ2v) is 9.10. The van der Waals surface area contributed by atoms with Gasteiger partial charge in [-0.1, -0.05) is 0 Å². The zero-order valence-electron chi connectivity index (χ0n) is 13.3. The smallest absolute Gasteiger partial charge is 0.410 e. The second-order valence-electron chi connectivity index (χ2n) is 7.25. The molecule has 0 saturated carbocycles. The summed E-state index contributed by atoms with van der Waals surface area (Å²) in [6.45, 7) is 7.91. The van der Waals surface area contributed by atoms with E-state index in [1.165, 1.54) is 9.80 Å². The van der Waals surface area contributed by atoms with E-state index in [4.69, 9.17) is 9.88 Å². The molecule has 0 aromatic carbocycles. The van der Waals surface area contributed by atoms with Crippen LogP contribution in [0.5, 0.6) is 0 Å². The summed E-state index contributed by atoms with van der Waals surface area (Å²) in [5.41, 5.74) is -1.14. The summed E-state index contributed by atoms with van der Waals surface area (Å²) in [5.74, 6) is -0.245. The number of sulfonamides is 1. The van der Waals surface area contributed by atoms with Gasteiger partial charge in [0.1, 0.15) is 10.9 Å². The molecule has 8 nitrogen and oxygen atoms in total. The summed E-state index contributed by atoms with van der Waals surface area (Å²) in [5, 5.41) is 4.25. The monoisotopic (exact) mass is 333 g/mol. The molecule has 0 spiro atoms. The summed E-state index contributed by atoms with van der Waals surface area (Å²) in [4.78, 5) is 27.0. The molecular formula is C13H23N3O5S. The largest absolute Gasteiger partial charge is 0.444 e. The lowest BCUT2D eigenvalue weighted by molar-refractivity contribution is -0.139. The number of carbonyl (C=O) groups is 2. The van der Waals surface area contributed by atoms with Crippen molar-refractivity contribution in [3.63, 3.8) is 0 Å². The molecule has 22 heavy (non-hydrogen) atoms. The van der Waals surface area contributed by atoms with Crippen LogP contribution in [0.3, 0.4) is 0 Å². The average molecular weight is 333 g/mol. The molecule has 2 rings (SSSR count). The SMILES string of the molecule is CC(C)(C)OC(=O)N1CC(C)(N2CC(S(N)(=O)=O)CC2=O)C1. The molecule has 2 aliphatic rings. The van der Waals surface area contributed by atoms with Crippen LogP contribution in [-0.2, 0) is 19.6 Å². The molecule has 2 saturated heterocycles. The molecular weight excluding hydrogens is 310 g/mol. The molecule has 2 aliphatic heterocycles. The average Bonchev–Trinajstić information content (AvgIpc) is 2.64. The normalized spacial score (nSPS) is 25.1. The maximum Gasteiger partial charge on any atom is 0.410 e. The van der Waals surface area contributed by atoms with E-state index in [-0.39, 0.29) is 18.9 Å². The van der Waals surface area contributed by atoms with Crippen molar-refractivity contribution in [3.05, 3.63) is 0 Å². The van der Waals surface area contributed by atoms with Gasteiger partial charge in [-0.05, 0) is 27.7 Å².